The standard InChI is InChI=1S/C31H38F2N2O4/c1-4-27(32)11-12-28(33)10-7-25-6-5-24(19-22(25)2)20-34-17-15-23(16-18-34)21-35(31(38)39-3)29-13-8-26(9-14-29)30(36)37/h4-6,8-10,13-14,19,23H,7,11-12,15-18,20-21H2,1-3H3,(H,36,37)/b27-4+,28-10+. The fourth-order valence-electron chi connectivity index (χ4n) is 4.81. The van der Waals surface area contributed by atoms with Gasteiger partial charge >= 0.3 is 12.1 Å². The van der Waals surface area contributed by atoms with Crippen LogP contribution in [0.5, 0.6) is 0 Å². The van der Waals surface area contributed by atoms with Gasteiger partial charge in [0, 0.05) is 31.6 Å². The molecule has 39 heavy (non-hydrogen) atoms. The molecule has 8 heteroatoms. The quantitative estimate of drug-likeness (QED) is 0.326. The summed E-state index contributed by atoms with van der Waals surface area (Å²) in [5.74, 6) is -1.30. The zero-order chi connectivity index (χ0) is 28.4. The number of methoxy groups -OCH3 is 1. The molecule has 2 aromatic carbocycles. The van der Waals surface area contributed by atoms with E-state index in [0.29, 0.717) is 24.6 Å². The third kappa shape index (κ3) is 9.03. The molecule has 1 amide bonds. The molecule has 0 aliphatic carbocycles. The van der Waals surface area contributed by atoms with Gasteiger partial charge < -0.3 is 9.84 Å². The van der Waals surface area contributed by atoms with Gasteiger partial charge in [-0.25, -0.2) is 18.4 Å². The summed E-state index contributed by atoms with van der Waals surface area (Å²) in [5.41, 5.74) is 4.14. The molecule has 0 spiro atoms. The van der Waals surface area contributed by atoms with Crippen LogP contribution in [0.15, 0.2) is 66.3 Å². The second-order valence-corrected chi connectivity index (χ2v) is 10.0. The largest absolute Gasteiger partial charge is 0.478 e. The van der Waals surface area contributed by atoms with Crippen LogP contribution < -0.4 is 4.90 Å². The van der Waals surface area contributed by atoms with Crippen molar-refractivity contribution in [2.24, 2.45) is 5.92 Å². The molecule has 0 atom stereocenters. The van der Waals surface area contributed by atoms with Crippen molar-refractivity contribution in [1.29, 1.82) is 0 Å². The molecule has 0 bridgehead atoms. The highest BCUT2D eigenvalue weighted by Crippen LogP contribution is 2.25. The number of allylic oxidation sites excluding steroid dienone is 4. The highest BCUT2D eigenvalue weighted by Gasteiger charge is 2.25. The number of carboxylic acid groups (broad SMARTS) is 1. The van der Waals surface area contributed by atoms with E-state index >= 15 is 0 Å². The Kier molecular flexibility index (Phi) is 11.2. The number of rotatable bonds is 11. The zero-order valence-corrected chi connectivity index (χ0v) is 23.0. The number of anilines is 1. The first-order valence-electron chi connectivity index (χ1n) is 13.3. The number of amides is 1. The van der Waals surface area contributed by atoms with Gasteiger partial charge in [0.1, 0.15) is 0 Å². The number of benzene rings is 2. The van der Waals surface area contributed by atoms with Crippen molar-refractivity contribution in [2.45, 2.75) is 52.5 Å². The first-order valence-corrected chi connectivity index (χ1v) is 13.3. The Hall–Kier alpha value is -3.52. The van der Waals surface area contributed by atoms with Crippen LogP contribution >= 0.6 is 0 Å². The van der Waals surface area contributed by atoms with Crippen molar-refractivity contribution >= 4 is 17.7 Å². The van der Waals surface area contributed by atoms with E-state index in [9.17, 15) is 18.4 Å². The van der Waals surface area contributed by atoms with Crippen molar-refractivity contribution in [2.75, 3.05) is 31.6 Å². The lowest BCUT2D eigenvalue weighted by molar-refractivity contribution is 0.0697. The number of aryl methyl sites for hydroxylation is 1. The van der Waals surface area contributed by atoms with E-state index in [2.05, 4.69) is 17.0 Å². The third-order valence-corrected chi connectivity index (χ3v) is 7.24. The van der Waals surface area contributed by atoms with E-state index in [1.807, 2.05) is 13.0 Å². The summed E-state index contributed by atoms with van der Waals surface area (Å²) in [6.07, 6.45) is 4.94. The molecule has 0 unspecified atom stereocenters. The van der Waals surface area contributed by atoms with Gasteiger partial charge in [0.05, 0.1) is 24.3 Å². The van der Waals surface area contributed by atoms with Crippen molar-refractivity contribution < 1.29 is 28.2 Å². The summed E-state index contributed by atoms with van der Waals surface area (Å²) in [6.45, 7) is 6.75. The minimum atomic E-state index is -1.01. The van der Waals surface area contributed by atoms with Crippen molar-refractivity contribution in [3.8, 4) is 0 Å². The van der Waals surface area contributed by atoms with Gasteiger partial charge in [-0.15, -0.1) is 0 Å². The number of piperidine rings is 1. The van der Waals surface area contributed by atoms with Crippen molar-refractivity contribution in [1.82, 2.24) is 4.90 Å². The van der Waals surface area contributed by atoms with Gasteiger partial charge in [-0.3, -0.25) is 9.80 Å². The van der Waals surface area contributed by atoms with E-state index in [0.717, 1.165) is 43.6 Å². The van der Waals surface area contributed by atoms with Gasteiger partial charge in [0.15, 0.2) is 0 Å². The number of nitrogens with zero attached hydrogens (tertiary/aromatic N) is 2. The summed E-state index contributed by atoms with van der Waals surface area (Å²) in [5, 5.41) is 9.14. The maximum absolute atomic E-state index is 14.0. The number of carboxylic acids is 1. The Bertz CT molecular complexity index is 1190. The fraction of sp³-hybridized carbons (Fsp3) is 0.419. The number of carbonyl (C=O) groups excluding carboxylic acids is 1. The molecular weight excluding hydrogens is 502 g/mol. The van der Waals surface area contributed by atoms with Crippen LogP contribution in [-0.4, -0.2) is 48.8 Å². The molecule has 0 aromatic heterocycles. The maximum atomic E-state index is 14.0. The van der Waals surface area contributed by atoms with E-state index < -0.39 is 12.1 Å². The Balaban J connectivity index is 1.52. The van der Waals surface area contributed by atoms with E-state index in [1.54, 1.807) is 24.0 Å². The summed E-state index contributed by atoms with van der Waals surface area (Å²) < 4.78 is 32.2. The molecule has 1 aliphatic rings. The van der Waals surface area contributed by atoms with Crippen LogP contribution in [0.4, 0.5) is 19.3 Å². The predicted molar refractivity (Wildman–Crippen MR) is 149 cm³/mol. The van der Waals surface area contributed by atoms with Gasteiger partial charge in [-0.05, 0) is 99.1 Å². The van der Waals surface area contributed by atoms with Gasteiger partial charge in [-0.2, -0.15) is 0 Å². The number of hydrogen-bond donors (Lipinski definition) is 1. The van der Waals surface area contributed by atoms with Crippen LogP contribution in [0.25, 0.3) is 0 Å². The first-order chi connectivity index (χ1) is 18.7. The highest BCUT2D eigenvalue weighted by molar-refractivity contribution is 5.90. The van der Waals surface area contributed by atoms with Crippen molar-refractivity contribution in [3.05, 3.63) is 88.5 Å². The van der Waals surface area contributed by atoms with Crippen LogP contribution in [0.1, 0.15) is 59.7 Å². The molecule has 1 fully saturated rings. The lowest BCUT2D eigenvalue weighted by atomic mass is 9.95. The molecule has 1 heterocycles. The molecule has 1 saturated heterocycles. The molecule has 0 saturated carbocycles. The van der Waals surface area contributed by atoms with E-state index in [4.69, 9.17) is 9.84 Å². The number of aromatic carboxylic acids is 1. The van der Waals surface area contributed by atoms with E-state index in [-0.39, 0.29) is 30.1 Å². The lowest BCUT2D eigenvalue weighted by Gasteiger charge is -2.34. The molecule has 1 N–H and O–H groups in total. The minimum Gasteiger partial charge on any atom is -0.478 e. The Morgan fingerprint density at radius 1 is 1.08 bits per heavy atom. The minimum absolute atomic E-state index is 0.0810. The molecule has 210 valence electrons. The maximum Gasteiger partial charge on any atom is 0.414 e. The fourth-order valence-corrected chi connectivity index (χ4v) is 4.81. The van der Waals surface area contributed by atoms with Gasteiger partial charge in [0.25, 0.3) is 0 Å². The first kappa shape index (κ1) is 30.0. The molecule has 3 rings (SSSR count). The number of likely N-dealkylation sites (tertiary alicyclic amines) is 1. The number of carbonyl (C=O) groups is 2. The van der Waals surface area contributed by atoms with Crippen LogP contribution in [0.2, 0.25) is 0 Å². The smallest absolute Gasteiger partial charge is 0.414 e. The molecule has 1 aliphatic heterocycles. The molecular formula is C31H38F2N2O4. The zero-order valence-electron chi connectivity index (χ0n) is 23.0. The monoisotopic (exact) mass is 540 g/mol. The van der Waals surface area contributed by atoms with Gasteiger partial charge in [-0.1, -0.05) is 24.3 Å². The average molecular weight is 541 g/mol. The number of halogens is 2. The number of hydrogen-bond acceptors (Lipinski definition) is 4. The van der Waals surface area contributed by atoms with Gasteiger partial charge in [0.2, 0.25) is 0 Å². The van der Waals surface area contributed by atoms with Crippen molar-refractivity contribution in [3.63, 3.8) is 0 Å². The predicted octanol–water partition coefficient (Wildman–Crippen LogP) is 7.23. The number of ether oxygens (including phenoxy) is 1. The summed E-state index contributed by atoms with van der Waals surface area (Å²) in [7, 11) is 1.34. The highest BCUT2D eigenvalue weighted by atomic mass is 19.1. The third-order valence-electron chi connectivity index (χ3n) is 7.24. The SMILES string of the molecule is C/C=C(/F)CC/C(F)=C\Cc1ccc(CN2CCC(CN(C(=O)OC)c3ccc(C(=O)O)cc3)CC2)cc1C. The molecule has 6 nitrogen and oxygen atoms in total. The second-order valence-electron chi connectivity index (χ2n) is 10.0. The summed E-state index contributed by atoms with van der Waals surface area (Å²) in [4.78, 5) is 27.6. The van der Waals surface area contributed by atoms with E-state index in [1.165, 1.54) is 37.0 Å². The topological polar surface area (TPSA) is 70.1 Å². The average Bonchev–Trinajstić information content (AvgIpc) is 2.94. The summed E-state index contributed by atoms with van der Waals surface area (Å²) >= 11 is 0. The Labute approximate surface area is 229 Å². The normalized spacial score (nSPS) is 15.3. The summed E-state index contributed by atoms with van der Waals surface area (Å²) in [6, 6.07) is 12.5. The Morgan fingerprint density at radius 3 is 2.33 bits per heavy atom. The Morgan fingerprint density at radius 2 is 1.74 bits per heavy atom. The molecule has 2 aromatic rings. The van der Waals surface area contributed by atoms with Crippen LogP contribution in [0.3, 0.4) is 0 Å². The molecule has 0 radical (unpaired) electrons. The lowest BCUT2D eigenvalue weighted by Crippen LogP contribution is -2.40. The van der Waals surface area contributed by atoms with Crippen LogP contribution in [-0.2, 0) is 17.7 Å². The van der Waals surface area contributed by atoms with Crippen LogP contribution in [0, 0.1) is 12.8 Å². The second kappa shape index (κ2) is 14.6.